The number of fused-ring (bicyclic) bond motifs is 1. The third-order valence-corrected chi connectivity index (χ3v) is 3.24. The van der Waals surface area contributed by atoms with E-state index in [1.165, 1.54) is 0 Å². The summed E-state index contributed by atoms with van der Waals surface area (Å²) in [5, 5.41) is 10.5. The van der Waals surface area contributed by atoms with Crippen molar-refractivity contribution in [2.75, 3.05) is 0 Å². The predicted octanol–water partition coefficient (Wildman–Crippen LogP) is -0.231. The van der Waals surface area contributed by atoms with E-state index >= 15 is 0 Å². The van der Waals surface area contributed by atoms with Crippen LogP contribution < -0.4 is 0 Å². The van der Waals surface area contributed by atoms with Crippen LogP contribution in [0, 0.1) is 22.0 Å². The summed E-state index contributed by atoms with van der Waals surface area (Å²) < 4.78 is 0. The van der Waals surface area contributed by atoms with E-state index in [4.69, 9.17) is 0 Å². The minimum atomic E-state index is -0.964. The van der Waals surface area contributed by atoms with E-state index in [1.54, 1.807) is 0 Å². The van der Waals surface area contributed by atoms with Crippen molar-refractivity contribution in [1.29, 1.82) is 0 Å². The zero-order valence-corrected chi connectivity index (χ0v) is 7.84. The van der Waals surface area contributed by atoms with Crippen molar-refractivity contribution in [2.45, 2.75) is 25.3 Å². The molecule has 0 aromatic carbocycles. The van der Waals surface area contributed by atoms with Gasteiger partial charge in [-0.15, -0.1) is 0 Å². The van der Waals surface area contributed by atoms with Gasteiger partial charge in [0.25, 0.3) is 5.78 Å². The normalized spacial score (nSPS) is 35.5. The lowest BCUT2D eigenvalue weighted by molar-refractivity contribution is -0.527. The summed E-state index contributed by atoms with van der Waals surface area (Å²) in [6.07, 6.45) is 0.598. The van der Waals surface area contributed by atoms with Crippen molar-refractivity contribution in [3.05, 3.63) is 10.1 Å². The van der Waals surface area contributed by atoms with Gasteiger partial charge in [-0.1, -0.05) is 0 Å². The molecule has 0 aromatic rings. The van der Waals surface area contributed by atoms with Gasteiger partial charge in [0.05, 0.1) is 0 Å². The topological polar surface area (TPSA) is 94.3 Å². The number of Topliss-reactive ketones (excluding diaryl/α,β-unsaturated/α-hetero) is 3. The smallest absolute Gasteiger partial charge is 0.264 e. The zero-order valence-electron chi connectivity index (χ0n) is 7.84. The Morgan fingerprint density at radius 1 is 1.07 bits per heavy atom. The van der Waals surface area contributed by atoms with Crippen LogP contribution in [-0.2, 0) is 14.4 Å². The molecule has 0 bridgehead atoms. The summed E-state index contributed by atoms with van der Waals surface area (Å²) >= 11 is 0. The van der Waals surface area contributed by atoms with E-state index in [-0.39, 0.29) is 19.3 Å². The lowest BCUT2D eigenvalue weighted by Gasteiger charge is -2.23. The number of nitro groups is 1. The number of hydrogen-bond donors (Lipinski definition) is 0. The molecule has 6 nitrogen and oxygen atoms in total. The van der Waals surface area contributed by atoms with Crippen LogP contribution in [0.25, 0.3) is 0 Å². The molecule has 2 saturated carbocycles. The third-order valence-electron chi connectivity index (χ3n) is 3.24. The zero-order chi connectivity index (χ0) is 11.2. The predicted molar refractivity (Wildman–Crippen MR) is 46.6 cm³/mol. The Labute approximate surface area is 84.8 Å². The van der Waals surface area contributed by atoms with Gasteiger partial charge in [-0.2, -0.15) is 0 Å². The second-order valence-corrected chi connectivity index (χ2v) is 4.02. The molecule has 6 heteroatoms. The summed E-state index contributed by atoms with van der Waals surface area (Å²) in [6, 6.07) is -0.783. The highest BCUT2D eigenvalue weighted by Gasteiger charge is 2.53. The molecule has 3 unspecified atom stereocenters. The fourth-order valence-corrected chi connectivity index (χ4v) is 2.40. The van der Waals surface area contributed by atoms with Gasteiger partial charge in [-0.25, -0.2) is 0 Å². The molecule has 2 rings (SSSR count). The Morgan fingerprint density at radius 2 is 1.67 bits per heavy atom. The fraction of sp³-hybridized carbons (Fsp3) is 0.667. The van der Waals surface area contributed by atoms with E-state index in [0.717, 1.165) is 0 Å². The molecule has 0 radical (unpaired) electrons. The quantitative estimate of drug-likeness (QED) is 0.339. The summed E-state index contributed by atoms with van der Waals surface area (Å²) in [4.78, 5) is 43.8. The maximum atomic E-state index is 11.3. The van der Waals surface area contributed by atoms with Crippen LogP contribution in [-0.4, -0.2) is 28.3 Å². The molecule has 80 valence electrons. The van der Waals surface area contributed by atoms with Crippen LogP contribution >= 0.6 is 0 Å². The average Bonchev–Trinajstić information content (AvgIpc) is 2.44. The molecule has 2 aliphatic rings. The molecular weight excluding hydrogens is 202 g/mol. The monoisotopic (exact) mass is 211 g/mol. The number of ketones is 3. The number of nitrogens with zero attached hydrogens (tertiary/aromatic N) is 1. The minimum Gasteiger partial charge on any atom is -0.290 e. The lowest BCUT2D eigenvalue weighted by Crippen LogP contribution is -2.34. The van der Waals surface area contributed by atoms with Crippen LogP contribution in [0.5, 0.6) is 0 Å². The first-order chi connectivity index (χ1) is 7.02. The minimum absolute atomic E-state index is 0.0357. The lowest BCUT2D eigenvalue weighted by atomic mass is 9.79. The molecule has 0 aromatic heterocycles. The molecule has 0 saturated heterocycles. The van der Waals surface area contributed by atoms with Gasteiger partial charge in [-0.3, -0.25) is 24.5 Å². The molecule has 3 atom stereocenters. The van der Waals surface area contributed by atoms with Crippen molar-refractivity contribution >= 4 is 17.3 Å². The molecule has 2 fully saturated rings. The van der Waals surface area contributed by atoms with Crippen molar-refractivity contribution in [2.24, 2.45) is 11.8 Å². The standard InChI is InChI=1S/C9H9NO5/c11-7-5-2-1-4(10(14)15)3-6(5)8(12)9(7)13/h4-6H,1-3H2. The van der Waals surface area contributed by atoms with E-state index in [0.29, 0.717) is 0 Å². The van der Waals surface area contributed by atoms with Crippen molar-refractivity contribution < 1.29 is 19.3 Å². The highest BCUT2D eigenvalue weighted by atomic mass is 16.6. The average molecular weight is 211 g/mol. The first kappa shape index (κ1) is 9.95. The Balaban J connectivity index is 2.22. The Bertz CT molecular complexity index is 375. The summed E-state index contributed by atoms with van der Waals surface area (Å²) in [7, 11) is 0. The van der Waals surface area contributed by atoms with E-state index < -0.39 is 40.2 Å². The third kappa shape index (κ3) is 1.36. The van der Waals surface area contributed by atoms with E-state index in [2.05, 4.69) is 0 Å². The van der Waals surface area contributed by atoms with Crippen LogP contribution in [0.2, 0.25) is 0 Å². The number of carbonyl (C=O) groups is 3. The molecule has 0 heterocycles. The van der Waals surface area contributed by atoms with Gasteiger partial charge in [0, 0.05) is 29.6 Å². The van der Waals surface area contributed by atoms with Gasteiger partial charge in [0.15, 0.2) is 0 Å². The number of carbonyl (C=O) groups excluding carboxylic acids is 3. The van der Waals surface area contributed by atoms with Crippen LogP contribution in [0.3, 0.4) is 0 Å². The largest absolute Gasteiger partial charge is 0.290 e. The van der Waals surface area contributed by atoms with Crippen molar-refractivity contribution in [3.63, 3.8) is 0 Å². The Morgan fingerprint density at radius 3 is 2.27 bits per heavy atom. The SMILES string of the molecule is O=C1C(=O)C2CCC([N+](=O)[O-])CC2C1=O. The van der Waals surface area contributed by atoms with Gasteiger partial charge >= 0.3 is 0 Å². The van der Waals surface area contributed by atoms with E-state index in [9.17, 15) is 24.5 Å². The van der Waals surface area contributed by atoms with Gasteiger partial charge in [0.2, 0.25) is 17.6 Å². The fourth-order valence-electron chi connectivity index (χ4n) is 2.40. The molecule has 0 amide bonds. The van der Waals surface area contributed by atoms with Crippen LogP contribution in [0.15, 0.2) is 0 Å². The maximum absolute atomic E-state index is 11.3. The highest BCUT2D eigenvalue weighted by Crippen LogP contribution is 2.37. The van der Waals surface area contributed by atoms with Crippen LogP contribution in [0.1, 0.15) is 19.3 Å². The van der Waals surface area contributed by atoms with Crippen molar-refractivity contribution in [1.82, 2.24) is 0 Å². The van der Waals surface area contributed by atoms with Gasteiger partial charge in [0.1, 0.15) is 0 Å². The maximum Gasteiger partial charge on any atom is 0.264 e. The van der Waals surface area contributed by atoms with Gasteiger partial charge < -0.3 is 0 Å². The molecule has 0 spiro atoms. The Hall–Kier alpha value is -1.59. The molecule has 15 heavy (non-hydrogen) atoms. The first-order valence-electron chi connectivity index (χ1n) is 4.78. The summed E-state index contributed by atoms with van der Waals surface area (Å²) in [5.41, 5.74) is 0. The highest BCUT2D eigenvalue weighted by molar-refractivity contribution is 6.68. The molecule has 2 aliphatic carbocycles. The summed E-state index contributed by atoms with van der Waals surface area (Å²) in [5.74, 6) is -3.65. The van der Waals surface area contributed by atoms with Crippen LogP contribution in [0.4, 0.5) is 0 Å². The second-order valence-electron chi connectivity index (χ2n) is 4.02. The number of rotatable bonds is 1. The first-order valence-corrected chi connectivity index (χ1v) is 4.78. The van der Waals surface area contributed by atoms with Gasteiger partial charge in [-0.05, 0) is 6.42 Å². The Kier molecular flexibility index (Phi) is 2.13. The van der Waals surface area contributed by atoms with Crippen molar-refractivity contribution in [3.8, 4) is 0 Å². The molecule has 0 aliphatic heterocycles. The molecule has 0 N–H and O–H groups in total. The molecular formula is C9H9NO5. The van der Waals surface area contributed by atoms with E-state index in [1.807, 2.05) is 0 Å². The number of hydrogen-bond acceptors (Lipinski definition) is 5. The second kappa shape index (κ2) is 3.22. The summed E-state index contributed by atoms with van der Waals surface area (Å²) in [6.45, 7) is 0.